The highest BCUT2D eigenvalue weighted by molar-refractivity contribution is 6.54. The number of hydrogen-bond donors (Lipinski definition) is 1. The molecule has 3 heteroatoms. The van der Waals surface area contributed by atoms with Crippen LogP contribution in [0.15, 0.2) is 140 Å². The second-order valence-corrected chi connectivity index (χ2v) is 12.8. The van der Waals surface area contributed by atoms with Crippen molar-refractivity contribution in [2.75, 3.05) is 11.9 Å². The van der Waals surface area contributed by atoms with E-state index in [1.807, 2.05) is 12.9 Å². The first-order valence-corrected chi connectivity index (χ1v) is 17.1. The van der Waals surface area contributed by atoms with Crippen LogP contribution < -0.4 is 10.8 Å². The van der Waals surface area contributed by atoms with E-state index in [0.29, 0.717) is 5.56 Å². The van der Waals surface area contributed by atoms with Crippen LogP contribution in [0.3, 0.4) is 0 Å². The van der Waals surface area contributed by atoms with E-state index in [9.17, 15) is 4.79 Å². The molecule has 1 aliphatic rings. The molecule has 8 aromatic carbocycles. The number of nitrogens with one attached hydrogen (secondary N) is 1. The zero-order chi connectivity index (χ0) is 33.1. The van der Waals surface area contributed by atoms with E-state index in [-0.39, 0.29) is 0 Å². The van der Waals surface area contributed by atoms with Crippen molar-refractivity contribution in [2.45, 2.75) is 13.7 Å². The Kier molecular flexibility index (Phi) is 6.95. The number of carbonyl (C=O) groups is 1. The Balaban J connectivity index is 1.47. The SMILES string of the molecule is C[B]c1cc(-c2ccc3c(-c4ccccc4)c4c(c(-c5ccccc5)c3c2)-c2cc3ccccc3c3cccc-4c23)c(C=O)cc1NCC. The van der Waals surface area contributed by atoms with Crippen LogP contribution in [0.4, 0.5) is 5.69 Å². The molecule has 0 unspecified atom stereocenters. The van der Waals surface area contributed by atoms with Gasteiger partial charge in [0.1, 0.15) is 0 Å². The average molecular weight is 627 g/mol. The summed E-state index contributed by atoms with van der Waals surface area (Å²) in [4.78, 5) is 12.6. The minimum absolute atomic E-state index is 0.676. The lowest BCUT2D eigenvalue weighted by molar-refractivity contribution is 0.112. The van der Waals surface area contributed by atoms with Gasteiger partial charge in [-0.3, -0.25) is 4.79 Å². The maximum atomic E-state index is 12.6. The fourth-order valence-electron chi connectivity index (χ4n) is 8.14. The van der Waals surface area contributed by atoms with Crippen molar-refractivity contribution in [1.82, 2.24) is 0 Å². The minimum atomic E-state index is 0.676. The van der Waals surface area contributed by atoms with Gasteiger partial charge < -0.3 is 5.32 Å². The highest BCUT2D eigenvalue weighted by atomic mass is 16.1. The second kappa shape index (κ2) is 11.6. The molecule has 0 amide bonds. The summed E-state index contributed by atoms with van der Waals surface area (Å²) in [5.41, 5.74) is 14.6. The van der Waals surface area contributed by atoms with Crippen LogP contribution in [0.25, 0.3) is 88.0 Å². The van der Waals surface area contributed by atoms with Crippen molar-refractivity contribution in [3.05, 3.63) is 145 Å². The van der Waals surface area contributed by atoms with Gasteiger partial charge in [-0.2, -0.15) is 0 Å². The lowest BCUT2D eigenvalue weighted by Gasteiger charge is -2.22. The summed E-state index contributed by atoms with van der Waals surface area (Å²) >= 11 is 0. The number of anilines is 1. The van der Waals surface area contributed by atoms with Crippen molar-refractivity contribution < 1.29 is 4.79 Å². The van der Waals surface area contributed by atoms with Crippen LogP contribution in [-0.2, 0) is 0 Å². The molecular formula is C46H33BNO. The van der Waals surface area contributed by atoms with E-state index in [1.54, 1.807) is 0 Å². The first kappa shape index (κ1) is 29.2. The molecule has 1 N–H and O–H groups in total. The van der Waals surface area contributed by atoms with Crippen molar-refractivity contribution in [2.24, 2.45) is 0 Å². The smallest absolute Gasteiger partial charge is 0.151 e. The van der Waals surface area contributed by atoms with E-state index in [1.165, 1.54) is 76.8 Å². The van der Waals surface area contributed by atoms with E-state index >= 15 is 0 Å². The molecule has 49 heavy (non-hydrogen) atoms. The van der Waals surface area contributed by atoms with Crippen molar-refractivity contribution >= 4 is 57.0 Å². The molecule has 0 spiro atoms. The second-order valence-electron chi connectivity index (χ2n) is 12.8. The third kappa shape index (κ3) is 4.46. The van der Waals surface area contributed by atoms with Crippen molar-refractivity contribution in [3.63, 3.8) is 0 Å². The molecule has 0 fully saturated rings. The van der Waals surface area contributed by atoms with Gasteiger partial charge in [-0.15, -0.1) is 0 Å². The maximum absolute atomic E-state index is 12.6. The molecule has 2 nitrogen and oxygen atoms in total. The zero-order valence-corrected chi connectivity index (χ0v) is 27.5. The van der Waals surface area contributed by atoms with Crippen LogP contribution in [0.1, 0.15) is 17.3 Å². The van der Waals surface area contributed by atoms with Gasteiger partial charge in [0.15, 0.2) is 13.6 Å². The summed E-state index contributed by atoms with van der Waals surface area (Å²) in [7, 11) is 2.11. The summed E-state index contributed by atoms with van der Waals surface area (Å²) in [6.07, 6.45) is 0.985. The Morgan fingerprint density at radius 3 is 1.94 bits per heavy atom. The number of aldehydes is 1. The standard InChI is InChI=1S/C46H33BNO/c1-3-48-41-25-32(27-49)37(26-40(41)47-2)31-21-22-35-38(23-31)43(29-15-8-5-9-16-29)46-39-24-30-17-10-11-18-33(30)34-19-12-20-36(44(34)39)45(46)42(35)28-13-6-4-7-14-28/h4-27,48H,3H2,1-2H3. The van der Waals surface area contributed by atoms with Crippen molar-refractivity contribution in [3.8, 4) is 55.6 Å². The van der Waals surface area contributed by atoms with Gasteiger partial charge in [0, 0.05) is 17.8 Å². The summed E-state index contributed by atoms with van der Waals surface area (Å²) < 4.78 is 0. The first-order chi connectivity index (χ1) is 24.2. The molecule has 0 aliphatic heterocycles. The quantitative estimate of drug-likeness (QED) is 0.108. The fraction of sp³-hybridized carbons (Fsp3) is 0.0652. The molecule has 8 aromatic rings. The Labute approximate surface area is 287 Å². The van der Waals surface area contributed by atoms with Gasteiger partial charge in [0.2, 0.25) is 0 Å². The van der Waals surface area contributed by atoms with E-state index in [0.717, 1.165) is 35.1 Å². The molecule has 0 saturated carbocycles. The largest absolute Gasteiger partial charge is 0.386 e. The number of benzene rings is 8. The van der Waals surface area contributed by atoms with Gasteiger partial charge in [-0.1, -0.05) is 134 Å². The normalized spacial score (nSPS) is 11.6. The number of hydrogen-bond acceptors (Lipinski definition) is 2. The van der Waals surface area contributed by atoms with E-state index in [2.05, 4.69) is 153 Å². The Morgan fingerprint density at radius 2 is 1.22 bits per heavy atom. The third-order valence-electron chi connectivity index (χ3n) is 10.2. The summed E-state index contributed by atoms with van der Waals surface area (Å²) in [6.45, 7) is 4.91. The number of fused-ring (bicyclic) bond motifs is 6. The highest BCUT2D eigenvalue weighted by Gasteiger charge is 2.31. The Morgan fingerprint density at radius 1 is 0.551 bits per heavy atom. The molecule has 0 atom stereocenters. The third-order valence-corrected chi connectivity index (χ3v) is 10.2. The first-order valence-electron chi connectivity index (χ1n) is 17.1. The number of rotatable bonds is 7. The van der Waals surface area contributed by atoms with Gasteiger partial charge >= 0.3 is 0 Å². The summed E-state index contributed by atoms with van der Waals surface area (Å²) in [5.74, 6) is 0. The predicted octanol–water partition coefficient (Wildman–Crippen LogP) is 11.4. The topological polar surface area (TPSA) is 29.1 Å². The van der Waals surface area contributed by atoms with E-state index < -0.39 is 0 Å². The average Bonchev–Trinajstić information content (AvgIpc) is 3.48. The van der Waals surface area contributed by atoms with Gasteiger partial charge in [0.05, 0.1) is 0 Å². The highest BCUT2D eigenvalue weighted by Crippen LogP contribution is 2.58. The van der Waals surface area contributed by atoms with Gasteiger partial charge in [-0.25, -0.2) is 0 Å². The van der Waals surface area contributed by atoms with Crippen LogP contribution in [0, 0.1) is 0 Å². The lowest BCUT2D eigenvalue weighted by atomic mass is 9.71. The van der Waals surface area contributed by atoms with Gasteiger partial charge in [0.25, 0.3) is 0 Å². The zero-order valence-electron chi connectivity index (χ0n) is 27.5. The molecule has 0 saturated heterocycles. The maximum Gasteiger partial charge on any atom is 0.151 e. The molecule has 9 rings (SSSR count). The summed E-state index contributed by atoms with van der Waals surface area (Å²) in [6, 6.07) is 50.5. The molecule has 1 radical (unpaired) electrons. The lowest BCUT2D eigenvalue weighted by Crippen LogP contribution is -2.18. The number of carbonyl (C=O) groups excluding carboxylic acids is 1. The minimum Gasteiger partial charge on any atom is -0.386 e. The molecule has 0 heterocycles. The Bertz CT molecular complexity index is 2610. The fourth-order valence-corrected chi connectivity index (χ4v) is 8.14. The summed E-state index contributed by atoms with van der Waals surface area (Å²) in [5, 5.41) is 10.9. The Hall–Kier alpha value is -5.93. The van der Waals surface area contributed by atoms with Crippen LogP contribution in [-0.4, -0.2) is 20.1 Å². The molecule has 0 bridgehead atoms. The molecule has 1 aliphatic carbocycles. The molecular weight excluding hydrogens is 593 g/mol. The molecule has 0 aromatic heterocycles. The van der Waals surface area contributed by atoms with Crippen LogP contribution in [0.5, 0.6) is 0 Å². The monoisotopic (exact) mass is 626 g/mol. The van der Waals surface area contributed by atoms with Crippen LogP contribution in [0.2, 0.25) is 6.82 Å². The molecule has 231 valence electrons. The van der Waals surface area contributed by atoms with Crippen molar-refractivity contribution in [1.29, 1.82) is 0 Å². The van der Waals surface area contributed by atoms with Crippen LogP contribution >= 0.6 is 0 Å². The van der Waals surface area contributed by atoms with E-state index in [4.69, 9.17) is 0 Å². The predicted molar refractivity (Wildman–Crippen MR) is 211 cm³/mol. The van der Waals surface area contributed by atoms with Gasteiger partial charge in [-0.05, 0) is 113 Å².